The molecule has 0 saturated carbocycles. The van der Waals surface area contributed by atoms with Gasteiger partial charge in [0.15, 0.2) is 0 Å². The molecule has 7 heteroatoms. The van der Waals surface area contributed by atoms with Crippen LogP contribution in [0.4, 0.5) is 11.5 Å². The van der Waals surface area contributed by atoms with E-state index in [1.807, 2.05) is 20.8 Å². The second-order valence-electron chi connectivity index (χ2n) is 5.03. The molecule has 4 N–H and O–H groups in total. The van der Waals surface area contributed by atoms with Crippen LogP contribution in [0.25, 0.3) is 0 Å². The molecule has 0 unspecified atom stereocenters. The molecule has 108 valence electrons. The summed E-state index contributed by atoms with van der Waals surface area (Å²) in [5, 5.41) is 3.08. The van der Waals surface area contributed by atoms with E-state index in [1.54, 1.807) is 0 Å². The van der Waals surface area contributed by atoms with Crippen LogP contribution in [0.1, 0.15) is 27.2 Å². The minimum atomic E-state index is -0.528. The van der Waals surface area contributed by atoms with Gasteiger partial charge < -0.3 is 15.8 Å². The Morgan fingerprint density at radius 3 is 2.58 bits per heavy atom. The normalized spacial score (nSPS) is 11.6. The molecule has 7 nitrogen and oxygen atoms in total. The average Bonchev–Trinajstić information content (AvgIpc) is 2.34. The second kappa shape index (κ2) is 5.92. The summed E-state index contributed by atoms with van der Waals surface area (Å²) >= 11 is 0. The third-order valence-electron chi connectivity index (χ3n) is 3.11. The van der Waals surface area contributed by atoms with Gasteiger partial charge in [-0.2, -0.15) is 0 Å². The third kappa shape index (κ3) is 3.60. The van der Waals surface area contributed by atoms with Gasteiger partial charge in [-0.1, -0.05) is 6.92 Å². The smallest absolute Gasteiger partial charge is 0.330 e. The summed E-state index contributed by atoms with van der Waals surface area (Å²) in [4.78, 5) is 25.8. The highest BCUT2D eigenvalue weighted by Gasteiger charge is 2.20. The lowest BCUT2D eigenvalue weighted by molar-refractivity contribution is 0.186. The lowest BCUT2D eigenvalue weighted by Gasteiger charge is -2.26. The minimum Gasteiger partial charge on any atom is -0.383 e. The topological polar surface area (TPSA) is 102 Å². The molecular formula is C12H22N4O3. The Balaban J connectivity index is 3.25. The van der Waals surface area contributed by atoms with E-state index < -0.39 is 11.2 Å². The number of rotatable bonds is 6. The summed E-state index contributed by atoms with van der Waals surface area (Å²) in [6, 6.07) is 0. The quantitative estimate of drug-likeness (QED) is 0.693. The van der Waals surface area contributed by atoms with Crippen molar-refractivity contribution in [2.24, 2.45) is 0 Å². The molecule has 0 saturated heterocycles. The summed E-state index contributed by atoms with van der Waals surface area (Å²) in [7, 11) is 1.53. The van der Waals surface area contributed by atoms with Crippen molar-refractivity contribution in [1.82, 2.24) is 9.55 Å². The Hall–Kier alpha value is -1.76. The zero-order valence-corrected chi connectivity index (χ0v) is 11.9. The predicted octanol–water partition coefficient (Wildman–Crippen LogP) is 0.366. The SMILES string of the molecule is CCC(C)(C)Nc1c(N)n(CCOC)c(=O)[nH]c1=O. The number of methoxy groups -OCH3 is 1. The van der Waals surface area contributed by atoms with Gasteiger partial charge >= 0.3 is 5.69 Å². The first-order valence-corrected chi connectivity index (χ1v) is 6.22. The zero-order chi connectivity index (χ0) is 14.6. The van der Waals surface area contributed by atoms with Crippen molar-refractivity contribution in [2.75, 3.05) is 24.8 Å². The number of nitrogens with one attached hydrogen (secondary N) is 2. The van der Waals surface area contributed by atoms with E-state index >= 15 is 0 Å². The van der Waals surface area contributed by atoms with Crippen molar-refractivity contribution < 1.29 is 4.74 Å². The molecule has 0 atom stereocenters. The summed E-state index contributed by atoms with van der Waals surface area (Å²) in [6.07, 6.45) is 0.809. The van der Waals surface area contributed by atoms with E-state index in [1.165, 1.54) is 11.7 Å². The number of H-pyrrole nitrogens is 1. The minimum absolute atomic E-state index is 0.132. The van der Waals surface area contributed by atoms with Crippen molar-refractivity contribution >= 4 is 11.5 Å². The van der Waals surface area contributed by atoms with Crippen LogP contribution in [0.2, 0.25) is 0 Å². The van der Waals surface area contributed by atoms with Gasteiger partial charge in [0.1, 0.15) is 11.5 Å². The largest absolute Gasteiger partial charge is 0.383 e. The highest BCUT2D eigenvalue weighted by Crippen LogP contribution is 2.18. The third-order valence-corrected chi connectivity index (χ3v) is 3.11. The number of nitrogens with two attached hydrogens (primary N) is 1. The van der Waals surface area contributed by atoms with Crippen molar-refractivity contribution in [2.45, 2.75) is 39.3 Å². The number of aromatic nitrogens is 2. The fourth-order valence-electron chi connectivity index (χ4n) is 1.54. The summed E-state index contributed by atoms with van der Waals surface area (Å²) in [6.45, 7) is 6.54. The number of hydrogen-bond donors (Lipinski definition) is 3. The first-order chi connectivity index (χ1) is 8.82. The van der Waals surface area contributed by atoms with Crippen LogP contribution in [-0.2, 0) is 11.3 Å². The monoisotopic (exact) mass is 270 g/mol. The summed E-state index contributed by atoms with van der Waals surface area (Å²) in [5.41, 5.74) is 4.82. The molecule has 0 aromatic carbocycles. The fraction of sp³-hybridized carbons (Fsp3) is 0.667. The maximum absolute atomic E-state index is 11.8. The number of nitrogen functional groups attached to an aromatic ring is 1. The number of aromatic amines is 1. The van der Waals surface area contributed by atoms with E-state index in [9.17, 15) is 9.59 Å². The molecule has 0 aliphatic carbocycles. The van der Waals surface area contributed by atoms with E-state index in [2.05, 4.69) is 10.3 Å². The number of hydrogen-bond acceptors (Lipinski definition) is 5. The van der Waals surface area contributed by atoms with Gasteiger partial charge in [0.2, 0.25) is 0 Å². The molecule has 0 radical (unpaired) electrons. The van der Waals surface area contributed by atoms with Gasteiger partial charge in [0.05, 0.1) is 13.2 Å². The summed E-state index contributed by atoms with van der Waals surface area (Å²) in [5.74, 6) is 0.132. The van der Waals surface area contributed by atoms with Crippen LogP contribution < -0.4 is 22.3 Å². The maximum atomic E-state index is 11.8. The van der Waals surface area contributed by atoms with E-state index in [-0.39, 0.29) is 17.0 Å². The Bertz CT molecular complexity index is 545. The predicted molar refractivity (Wildman–Crippen MR) is 75.6 cm³/mol. The summed E-state index contributed by atoms with van der Waals surface area (Å²) < 4.78 is 6.21. The van der Waals surface area contributed by atoms with Gasteiger partial charge in [-0.05, 0) is 20.3 Å². The second-order valence-corrected chi connectivity index (χ2v) is 5.03. The number of nitrogens with zero attached hydrogens (tertiary/aromatic N) is 1. The van der Waals surface area contributed by atoms with Crippen molar-refractivity contribution in [3.8, 4) is 0 Å². The van der Waals surface area contributed by atoms with E-state index in [0.29, 0.717) is 13.2 Å². The first-order valence-electron chi connectivity index (χ1n) is 6.22. The van der Waals surface area contributed by atoms with Gasteiger partial charge in [-0.3, -0.25) is 14.3 Å². The van der Waals surface area contributed by atoms with Crippen LogP contribution in [0.15, 0.2) is 9.59 Å². The van der Waals surface area contributed by atoms with Gasteiger partial charge in [-0.15, -0.1) is 0 Å². The lowest BCUT2D eigenvalue weighted by Crippen LogP contribution is -2.39. The molecule has 0 amide bonds. The van der Waals surface area contributed by atoms with Crippen LogP contribution in [-0.4, -0.2) is 28.8 Å². The standard InChI is InChI=1S/C12H22N4O3/c1-5-12(2,3)15-8-9(13)16(6-7-19-4)11(18)14-10(8)17/h15H,5-7,13H2,1-4H3,(H,14,17,18). The molecule has 0 fully saturated rings. The lowest BCUT2D eigenvalue weighted by atomic mass is 10.0. The molecule has 19 heavy (non-hydrogen) atoms. The molecular weight excluding hydrogens is 248 g/mol. The van der Waals surface area contributed by atoms with Crippen molar-refractivity contribution in [1.29, 1.82) is 0 Å². The number of anilines is 2. The van der Waals surface area contributed by atoms with Crippen LogP contribution in [0.5, 0.6) is 0 Å². The van der Waals surface area contributed by atoms with E-state index in [0.717, 1.165) is 6.42 Å². The Morgan fingerprint density at radius 2 is 2.05 bits per heavy atom. The molecule has 0 aliphatic rings. The maximum Gasteiger partial charge on any atom is 0.330 e. The first kappa shape index (κ1) is 15.3. The molecule has 0 spiro atoms. The highest BCUT2D eigenvalue weighted by atomic mass is 16.5. The highest BCUT2D eigenvalue weighted by molar-refractivity contribution is 5.61. The van der Waals surface area contributed by atoms with Crippen molar-refractivity contribution in [3.05, 3.63) is 20.8 Å². The van der Waals surface area contributed by atoms with Crippen molar-refractivity contribution in [3.63, 3.8) is 0 Å². The van der Waals surface area contributed by atoms with Gasteiger partial charge in [0.25, 0.3) is 5.56 Å². The molecule has 1 rings (SSSR count). The molecule has 0 aliphatic heterocycles. The van der Waals surface area contributed by atoms with Gasteiger partial charge in [0, 0.05) is 12.6 Å². The molecule has 1 heterocycles. The molecule has 1 aromatic rings. The molecule has 1 aromatic heterocycles. The number of ether oxygens (including phenoxy) is 1. The molecule has 0 bridgehead atoms. The van der Waals surface area contributed by atoms with Crippen LogP contribution >= 0.6 is 0 Å². The van der Waals surface area contributed by atoms with Gasteiger partial charge in [-0.25, -0.2) is 4.79 Å². The van der Waals surface area contributed by atoms with Crippen LogP contribution in [0, 0.1) is 0 Å². The zero-order valence-electron chi connectivity index (χ0n) is 11.9. The Morgan fingerprint density at radius 1 is 1.42 bits per heavy atom. The van der Waals surface area contributed by atoms with Crippen LogP contribution in [0.3, 0.4) is 0 Å². The Kier molecular flexibility index (Phi) is 4.77. The van der Waals surface area contributed by atoms with E-state index in [4.69, 9.17) is 10.5 Å². The fourth-order valence-corrected chi connectivity index (χ4v) is 1.54. The Labute approximate surface area is 111 Å². The average molecular weight is 270 g/mol.